The highest BCUT2D eigenvalue weighted by atomic mass is 16.5. The number of phenolic OH excluding ortho intramolecular Hbond substituents is 1. The standard InChI is InChI=1S/C11H15NO2/c1-4-14-10-7-5-6-9(13)11(10)8(2)12-3/h5-7,13H,4H2,1-3H3/b12-8+. The van der Waals surface area contributed by atoms with E-state index in [1.807, 2.05) is 19.9 Å². The van der Waals surface area contributed by atoms with Gasteiger partial charge in [0.2, 0.25) is 0 Å². The lowest BCUT2D eigenvalue weighted by molar-refractivity contribution is 0.337. The number of aliphatic imine (C=N–C) groups is 1. The first kappa shape index (κ1) is 10.6. The molecule has 1 aromatic carbocycles. The lowest BCUT2D eigenvalue weighted by atomic mass is 10.1. The van der Waals surface area contributed by atoms with Crippen molar-refractivity contribution >= 4 is 5.71 Å². The van der Waals surface area contributed by atoms with Crippen LogP contribution in [0.2, 0.25) is 0 Å². The number of hydrogen-bond acceptors (Lipinski definition) is 3. The largest absolute Gasteiger partial charge is 0.507 e. The van der Waals surface area contributed by atoms with Gasteiger partial charge in [0.1, 0.15) is 11.5 Å². The summed E-state index contributed by atoms with van der Waals surface area (Å²) in [5.41, 5.74) is 1.45. The number of rotatable bonds is 3. The van der Waals surface area contributed by atoms with E-state index < -0.39 is 0 Å². The smallest absolute Gasteiger partial charge is 0.132 e. The zero-order chi connectivity index (χ0) is 10.6. The molecule has 3 heteroatoms. The molecule has 1 aromatic rings. The third kappa shape index (κ3) is 2.05. The maximum atomic E-state index is 9.66. The van der Waals surface area contributed by atoms with Crippen LogP contribution in [0.4, 0.5) is 0 Å². The second-order valence-electron chi connectivity index (χ2n) is 2.89. The number of phenols is 1. The minimum absolute atomic E-state index is 0.207. The van der Waals surface area contributed by atoms with Gasteiger partial charge in [0.15, 0.2) is 0 Å². The summed E-state index contributed by atoms with van der Waals surface area (Å²) in [5, 5.41) is 9.66. The topological polar surface area (TPSA) is 41.8 Å². The van der Waals surface area contributed by atoms with Crippen molar-refractivity contribution in [3.63, 3.8) is 0 Å². The number of benzene rings is 1. The summed E-state index contributed by atoms with van der Waals surface area (Å²) < 4.78 is 5.40. The zero-order valence-corrected chi connectivity index (χ0v) is 8.74. The van der Waals surface area contributed by atoms with Crippen LogP contribution in [-0.2, 0) is 0 Å². The van der Waals surface area contributed by atoms with Crippen LogP contribution in [0.25, 0.3) is 0 Å². The Labute approximate surface area is 84.1 Å². The van der Waals surface area contributed by atoms with Crippen molar-refractivity contribution in [3.8, 4) is 11.5 Å². The highest BCUT2D eigenvalue weighted by Gasteiger charge is 2.10. The Morgan fingerprint density at radius 2 is 2.21 bits per heavy atom. The first-order chi connectivity index (χ1) is 6.70. The summed E-state index contributed by atoms with van der Waals surface area (Å²) in [5.74, 6) is 0.884. The van der Waals surface area contributed by atoms with Crippen molar-refractivity contribution in [3.05, 3.63) is 23.8 Å². The summed E-state index contributed by atoms with van der Waals surface area (Å²) in [6.45, 7) is 4.33. The molecule has 0 fully saturated rings. The molecule has 0 aliphatic carbocycles. The van der Waals surface area contributed by atoms with Gasteiger partial charge in [0, 0.05) is 12.8 Å². The van der Waals surface area contributed by atoms with E-state index in [0.29, 0.717) is 17.9 Å². The van der Waals surface area contributed by atoms with Gasteiger partial charge in [0.05, 0.1) is 12.2 Å². The van der Waals surface area contributed by atoms with Crippen molar-refractivity contribution in [1.82, 2.24) is 0 Å². The molecule has 0 atom stereocenters. The second-order valence-corrected chi connectivity index (χ2v) is 2.89. The fourth-order valence-electron chi connectivity index (χ4n) is 1.27. The zero-order valence-electron chi connectivity index (χ0n) is 8.74. The number of ether oxygens (including phenoxy) is 1. The third-order valence-electron chi connectivity index (χ3n) is 2.00. The molecule has 3 nitrogen and oxygen atoms in total. The molecule has 0 bridgehead atoms. The monoisotopic (exact) mass is 193 g/mol. The van der Waals surface area contributed by atoms with E-state index in [1.54, 1.807) is 19.2 Å². The molecule has 0 saturated heterocycles. The molecule has 0 aromatic heterocycles. The average Bonchev–Trinajstić information content (AvgIpc) is 2.18. The van der Waals surface area contributed by atoms with E-state index in [4.69, 9.17) is 4.74 Å². The van der Waals surface area contributed by atoms with Crippen LogP contribution in [0.1, 0.15) is 19.4 Å². The second kappa shape index (κ2) is 4.65. The van der Waals surface area contributed by atoms with Crippen molar-refractivity contribution in [2.45, 2.75) is 13.8 Å². The summed E-state index contributed by atoms with van der Waals surface area (Å²) in [6.07, 6.45) is 0. The van der Waals surface area contributed by atoms with Gasteiger partial charge >= 0.3 is 0 Å². The van der Waals surface area contributed by atoms with Crippen LogP contribution in [-0.4, -0.2) is 24.5 Å². The fourth-order valence-corrected chi connectivity index (χ4v) is 1.27. The molecule has 0 radical (unpaired) electrons. The van der Waals surface area contributed by atoms with Crippen molar-refractivity contribution < 1.29 is 9.84 Å². The Balaban J connectivity index is 3.22. The molecule has 0 unspecified atom stereocenters. The molecule has 0 saturated carbocycles. The lowest BCUT2D eigenvalue weighted by Gasteiger charge is -2.10. The van der Waals surface area contributed by atoms with Gasteiger partial charge in [-0.3, -0.25) is 4.99 Å². The van der Waals surface area contributed by atoms with E-state index in [1.165, 1.54) is 0 Å². The van der Waals surface area contributed by atoms with E-state index >= 15 is 0 Å². The lowest BCUT2D eigenvalue weighted by Crippen LogP contribution is -2.01. The van der Waals surface area contributed by atoms with Gasteiger partial charge < -0.3 is 9.84 Å². The van der Waals surface area contributed by atoms with Crippen molar-refractivity contribution in [2.24, 2.45) is 4.99 Å². The van der Waals surface area contributed by atoms with Crippen LogP contribution in [0, 0.1) is 0 Å². The van der Waals surface area contributed by atoms with Gasteiger partial charge in [-0.15, -0.1) is 0 Å². The van der Waals surface area contributed by atoms with Gasteiger partial charge in [-0.25, -0.2) is 0 Å². The average molecular weight is 193 g/mol. The van der Waals surface area contributed by atoms with Crippen LogP contribution < -0.4 is 4.74 Å². The molecule has 1 rings (SSSR count). The Morgan fingerprint density at radius 3 is 2.79 bits per heavy atom. The molecule has 0 aliphatic rings. The van der Waals surface area contributed by atoms with Crippen molar-refractivity contribution in [1.29, 1.82) is 0 Å². The SMILES string of the molecule is CCOc1cccc(O)c1/C(C)=N/C. The highest BCUT2D eigenvalue weighted by Crippen LogP contribution is 2.28. The van der Waals surface area contributed by atoms with E-state index in [9.17, 15) is 5.11 Å². The number of hydrogen-bond donors (Lipinski definition) is 1. The molecule has 1 N–H and O–H groups in total. The quantitative estimate of drug-likeness (QED) is 0.748. The molecular formula is C11H15NO2. The number of aromatic hydroxyl groups is 1. The molecule has 76 valence electrons. The Morgan fingerprint density at radius 1 is 1.50 bits per heavy atom. The van der Waals surface area contributed by atoms with Crippen LogP contribution in [0.3, 0.4) is 0 Å². The third-order valence-corrected chi connectivity index (χ3v) is 2.00. The molecular weight excluding hydrogens is 178 g/mol. The first-order valence-electron chi connectivity index (χ1n) is 4.59. The van der Waals surface area contributed by atoms with Crippen molar-refractivity contribution in [2.75, 3.05) is 13.7 Å². The Bertz CT molecular complexity index is 345. The van der Waals surface area contributed by atoms with E-state index in [-0.39, 0.29) is 5.75 Å². The minimum Gasteiger partial charge on any atom is -0.507 e. The maximum absolute atomic E-state index is 9.66. The maximum Gasteiger partial charge on any atom is 0.132 e. The first-order valence-corrected chi connectivity index (χ1v) is 4.59. The predicted octanol–water partition coefficient (Wildman–Crippen LogP) is 2.23. The summed E-state index contributed by atoms with van der Waals surface area (Å²) in [4.78, 5) is 4.04. The van der Waals surface area contributed by atoms with Gasteiger partial charge in [-0.05, 0) is 26.0 Å². The normalized spacial score (nSPS) is 11.5. The Hall–Kier alpha value is -1.51. The van der Waals surface area contributed by atoms with Crippen LogP contribution >= 0.6 is 0 Å². The molecule has 0 heterocycles. The fraction of sp³-hybridized carbons (Fsp3) is 0.364. The summed E-state index contributed by atoms with van der Waals surface area (Å²) in [7, 11) is 1.69. The highest BCUT2D eigenvalue weighted by molar-refractivity contribution is 6.03. The summed E-state index contributed by atoms with van der Waals surface area (Å²) >= 11 is 0. The molecule has 0 amide bonds. The molecule has 0 spiro atoms. The van der Waals surface area contributed by atoms with E-state index in [0.717, 1.165) is 5.71 Å². The van der Waals surface area contributed by atoms with Crippen LogP contribution in [0.15, 0.2) is 23.2 Å². The molecule has 14 heavy (non-hydrogen) atoms. The predicted molar refractivity (Wildman–Crippen MR) is 57.4 cm³/mol. The summed E-state index contributed by atoms with van der Waals surface area (Å²) in [6, 6.07) is 5.21. The van der Waals surface area contributed by atoms with Crippen LogP contribution in [0.5, 0.6) is 11.5 Å². The molecule has 0 aliphatic heterocycles. The van der Waals surface area contributed by atoms with Gasteiger partial charge in [-0.1, -0.05) is 6.07 Å². The minimum atomic E-state index is 0.207. The van der Waals surface area contributed by atoms with Gasteiger partial charge in [0.25, 0.3) is 0 Å². The van der Waals surface area contributed by atoms with Gasteiger partial charge in [-0.2, -0.15) is 0 Å². The Kier molecular flexibility index (Phi) is 3.51. The number of nitrogens with zero attached hydrogens (tertiary/aromatic N) is 1. The van der Waals surface area contributed by atoms with E-state index in [2.05, 4.69) is 4.99 Å².